The topological polar surface area (TPSA) is 21.3 Å². The van der Waals surface area contributed by atoms with Crippen LogP contribution in [0, 0.1) is 5.41 Å². The molecule has 0 radical (unpaired) electrons. The number of methoxy groups -OCH3 is 1. The Morgan fingerprint density at radius 1 is 1.33 bits per heavy atom. The summed E-state index contributed by atoms with van der Waals surface area (Å²) < 4.78 is 5.57. The Morgan fingerprint density at radius 2 is 2.06 bits per heavy atom. The van der Waals surface area contributed by atoms with Gasteiger partial charge in [-0.2, -0.15) is 0 Å². The first kappa shape index (κ1) is 13.4. The van der Waals surface area contributed by atoms with Gasteiger partial charge in [-0.25, -0.2) is 0 Å². The van der Waals surface area contributed by atoms with Crippen LogP contribution in [-0.2, 0) is 6.42 Å². The molecule has 1 aliphatic carbocycles. The van der Waals surface area contributed by atoms with E-state index in [0.29, 0.717) is 11.3 Å². The molecule has 0 aromatic heterocycles. The molecular formula is C16H25NO. The molecule has 0 spiro atoms. The van der Waals surface area contributed by atoms with Crippen LogP contribution in [0.5, 0.6) is 5.75 Å². The Balaban J connectivity index is 2.17. The molecule has 0 atom stereocenters. The van der Waals surface area contributed by atoms with Crippen molar-refractivity contribution in [2.24, 2.45) is 5.41 Å². The molecule has 1 N–H and O–H groups in total. The monoisotopic (exact) mass is 247 g/mol. The third-order valence-corrected chi connectivity index (χ3v) is 4.05. The minimum absolute atomic E-state index is 0.487. The van der Waals surface area contributed by atoms with E-state index in [0.717, 1.165) is 18.7 Å². The summed E-state index contributed by atoms with van der Waals surface area (Å²) in [6, 6.07) is 6.71. The minimum atomic E-state index is 0.487. The van der Waals surface area contributed by atoms with Gasteiger partial charge in [-0.15, -0.1) is 0 Å². The lowest BCUT2D eigenvalue weighted by molar-refractivity contribution is 0.398. The summed E-state index contributed by atoms with van der Waals surface area (Å²) in [5.74, 6) is 1.61. The third kappa shape index (κ3) is 2.86. The second-order valence-electron chi connectivity index (χ2n) is 5.93. The highest BCUT2D eigenvalue weighted by molar-refractivity contribution is 5.40. The summed E-state index contributed by atoms with van der Waals surface area (Å²) in [6.45, 7) is 5.55. The van der Waals surface area contributed by atoms with E-state index in [9.17, 15) is 0 Å². The van der Waals surface area contributed by atoms with E-state index in [1.807, 2.05) is 7.05 Å². The van der Waals surface area contributed by atoms with Gasteiger partial charge in [0.2, 0.25) is 0 Å². The van der Waals surface area contributed by atoms with Gasteiger partial charge < -0.3 is 10.1 Å². The number of nitrogens with one attached hydrogen (secondary N) is 1. The number of hydrogen-bond donors (Lipinski definition) is 1. The van der Waals surface area contributed by atoms with Gasteiger partial charge in [0.1, 0.15) is 5.75 Å². The maximum absolute atomic E-state index is 5.57. The van der Waals surface area contributed by atoms with Crippen LogP contribution in [0.15, 0.2) is 18.2 Å². The SMILES string of the molecule is CNCC1(Cc2ccc(C(C)C)cc2OC)CC1. The number of ether oxygens (including phenoxy) is 1. The molecule has 0 saturated heterocycles. The molecule has 2 heteroatoms. The van der Waals surface area contributed by atoms with Crippen LogP contribution in [0.3, 0.4) is 0 Å². The Hall–Kier alpha value is -1.02. The highest BCUT2D eigenvalue weighted by atomic mass is 16.5. The maximum Gasteiger partial charge on any atom is 0.122 e. The molecule has 1 aliphatic rings. The maximum atomic E-state index is 5.57. The van der Waals surface area contributed by atoms with E-state index < -0.39 is 0 Å². The predicted octanol–water partition coefficient (Wildman–Crippen LogP) is 3.36. The average molecular weight is 247 g/mol. The van der Waals surface area contributed by atoms with Crippen LogP contribution in [-0.4, -0.2) is 20.7 Å². The summed E-state index contributed by atoms with van der Waals surface area (Å²) in [5.41, 5.74) is 3.20. The van der Waals surface area contributed by atoms with Crippen LogP contribution in [0.25, 0.3) is 0 Å². The first-order chi connectivity index (χ1) is 8.60. The van der Waals surface area contributed by atoms with Crippen LogP contribution in [0.1, 0.15) is 43.7 Å². The molecular weight excluding hydrogens is 222 g/mol. The van der Waals surface area contributed by atoms with Crippen molar-refractivity contribution in [1.82, 2.24) is 5.32 Å². The van der Waals surface area contributed by atoms with E-state index in [-0.39, 0.29) is 0 Å². The standard InChI is InChI=1S/C16H25NO/c1-12(2)13-5-6-14(15(9-13)18-4)10-16(7-8-16)11-17-3/h5-6,9,12,17H,7-8,10-11H2,1-4H3. The third-order valence-electron chi connectivity index (χ3n) is 4.05. The second-order valence-corrected chi connectivity index (χ2v) is 5.93. The van der Waals surface area contributed by atoms with Gasteiger partial charge in [0.25, 0.3) is 0 Å². The normalized spacial score (nSPS) is 16.9. The van der Waals surface area contributed by atoms with Gasteiger partial charge in [0, 0.05) is 6.54 Å². The van der Waals surface area contributed by atoms with E-state index in [1.54, 1.807) is 7.11 Å². The molecule has 1 aromatic carbocycles. The molecule has 0 aliphatic heterocycles. The summed E-state index contributed by atoms with van der Waals surface area (Å²) >= 11 is 0. The smallest absolute Gasteiger partial charge is 0.122 e. The predicted molar refractivity (Wildman–Crippen MR) is 76.4 cm³/mol. The van der Waals surface area contributed by atoms with E-state index in [2.05, 4.69) is 37.4 Å². The lowest BCUT2D eigenvalue weighted by Gasteiger charge is -2.18. The van der Waals surface area contributed by atoms with Gasteiger partial charge in [0.05, 0.1) is 7.11 Å². The fraction of sp³-hybridized carbons (Fsp3) is 0.625. The van der Waals surface area contributed by atoms with Crippen molar-refractivity contribution < 1.29 is 4.74 Å². The molecule has 1 aromatic rings. The van der Waals surface area contributed by atoms with Crippen molar-refractivity contribution in [3.8, 4) is 5.75 Å². The average Bonchev–Trinajstić information content (AvgIpc) is 3.09. The summed E-state index contributed by atoms with van der Waals surface area (Å²) in [6.07, 6.45) is 3.81. The molecule has 0 heterocycles. The van der Waals surface area contributed by atoms with Crippen LogP contribution in [0.2, 0.25) is 0 Å². The lowest BCUT2D eigenvalue weighted by Crippen LogP contribution is -2.22. The summed E-state index contributed by atoms with van der Waals surface area (Å²) in [4.78, 5) is 0. The van der Waals surface area contributed by atoms with E-state index in [1.165, 1.54) is 24.0 Å². The lowest BCUT2D eigenvalue weighted by atomic mass is 9.93. The quantitative estimate of drug-likeness (QED) is 0.832. The molecule has 0 bridgehead atoms. The van der Waals surface area contributed by atoms with Crippen molar-refractivity contribution in [3.05, 3.63) is 29.3 Å². The van der Waals surface area contributed by atoms with Gasteiger partial charge in [-0.1, -0.05) is 26.0 Å². The minimum Gasteiger partial charge on any atom is -0.496 e. The molecule has 2 nitrogen and oxygen atoms in total. The van der Waals surface area contributed by atoms with Crippen molar-refractivity contribution >= 4 is 0 Å². The first-order valence-corrected chi connectivity index (χ1v) is 6.92. The summed E-state index contributed by atoms with van der Waals surface area (Å²) in [7, 11) is 3.82. The molecule has 1 fully saturated rings. The van der Waals surface area contributed by atoms with Crippen LogP contribution >= 0.6 is 0 Å². The van der Waals surface area contributed by atoms with Crippen molar-refractivity contribution in [1.29, 1.82) is 0 Å². The highest BCUT2D eigenvalue weighted by Gasteiger charge is 2.42. The van der Waals surface area contributed by atoms with Gasteiger partial charge in [0.15, 0.2) is 0 Å². The molecule has 0 unspecified atom stereocenters. The molecule has 2 rings (SSSR count). The van der Waals surface area contributed by atoms with Gasteiger partial charge >= 0.3 is 0 Å². The first-order valence-electron chi connectivity index (χ1n) is 6.92. The second kappa shape index (κ2) is 5.31. The molecule has 18 heavy (non-hydrogen) atoms. The molecule has 0 amide bonds. The Bertz CT molecular complexity index is 408. The van der Waals surface area contributed by atoms with Crippen molar-refractivity contribution in [2.45, 2.75) is 39.0 Å². The fourth-order valence-electron chi connectivity index (χ4n) is 2.64. The molecule has 1 saturated carbocycles. The van der Waals surface area contributed by atoms with Crippen LogP contribution in [0.4, 0.5) is 0 Å². The fourth-order valence-corrected chi connectivity index (χ4v) is 2.64. The van der Waals surface area contributed by atoms with Gasteiger partial charge in [-0.3, -0.25) is 0 Å². The zero-order valence-corrected chi connectivity index (χ0v) is 12.0. The summed E-state index contributed by atoms with van der Waals surface area (Å²) in [5, 5.41) is 3.32. The number of benzene rings is 1. The number of hydrogen-bond acceptors (Lipinski definition) is 2. The van der Waals surface area contributed by atoms with E-state index >= 15 is 0 Å². The Labute approximate surface area is 111 Å². The largest absolute Gasteiger partial charge is 0.496 e. The van der Waals surface area contributed by atoms with E-state index in [4.69, 9.17) is 4.74 Å². The zero-order valence-electron chi connectivity index (χ0n) is 12.0. The highest BCUT2D eigenvalue weighted by Crippen LogP contribution is 2.49. The number of rotatable bonds is 6. The van der Waals surface area contributed by atoms with Crippen molar-refractivity contribution in [3.63, 3.8) is 0 Å². The Morgan fingerprint density at radius 3 is 2.56 bits per heavy atom. The zero-order chi connectivity index (χ0) is 13.2. The van der Waals surface area contributed by atoms with Crippen molar-refractivity contribution in [2.75, 3.05) is 20.7 Å². The molecule has 100 valence electrons. The Kier molecular flexibility index (Phi) is 3.96. The van der Waals surface area contributed by atoms with Crippen LogP contribution < -0.4 is 10.1 Å². The van der Waals surface area contributed by atoms with Gasteiger partial charge in [-0.05, 0) is 54.8 Å².